The Balaban J connectivity index is 1.67. The summed E-state index contributed by atoms with van der Waals surface area (Å²) in [6, 6.07) is 16.7. The maximum absolute atomic E-state index is 15.3. The fourth-order valence-electron chi connectivity index (χ4n) is 6.55. The maximum Gasteiger partial charge on any atom is 0.262 e. The molecule has 3 aromatic rings. The molecule has 2 N–H and O–H groups in total. The third-order valence-electron chi connectivity index (χ3n) is 9.74. The summed E-state index contributed by atoms with van der Waals surface area (Å²) in [5, 5.41) is 8.39. The summed E-state index contributed by atoms with van der Waals surface area (Å²) < 4.78 is 34.8. The number of nitrogens with one attached hydrogen (secondary N) is 2. The first-order valence-electron chi connectivity index (χ1n) is 17.2. The predicted octanol–water partition coefficient (Wildman–Crippen LogP) is 4.46. The minimum absolute atomic E-state index is 0.00609. The third kappa shape index (κ3) is 7.96. The number of terminal acetylenes is 1. The number of hydrogen-bond donors (Lipinski definition) is 2. The summed E-state index contributed by atoms with van der Waals surface area (Å²) in [5.74, 6) is 2.44. The van der Waals surface area contributed by atoms with Crippen LogP contribution >= 0.6 is 23.2 Å². The summed E-state index contributed by atoms with van der Waals surface area (Å²) in [6.45, 7) is 7.79. The average Bonchev–Trinajstić information content (AvgIpc) is 3.53. The Labute approximate surface area is 317 Å². The van der Waals surface area contributed by atoms with Gasteiger partial charge >= 0.3 is 0 Å². The molecule has 11 nitrogen and oxygen atoms in total. The number of hydrogen-bond acceptors (Lipinski definition) is 8. The van der Waals surface area contributed by atoms with Gasteiger partial charge in [0, 0.05) is 74.5 Å². The van der Waals surface area contributed by atoms with E-state index < -0.39 is 27.8 Å². The van der Waals surface area contributed by atoms with Crippen LogP contribution in [0.5, 0.6) is 5.75 Å². The number of rotatable bonds is 11. The van der Waals surface area contributed by atoms with E-state index in [1.54, 1.807) is 48.0 Å². The van der Waals surface area contributed by atoms with E-state index in [0.29, 0.717) is 36.2 Å². The Morgan fingerprint density at radius 1 is 0.942 bits per heavy atom. The van der Waals surface area contributed by atoms with Crippen LogP contribution in [0.2, 0.25) is 10.0 Å². The zero-order valence-electron chi connectivity index (χ0n) is 30.3. The first-order chi connectivity index (χ1) is 24.6. The van der Waals surface area contributed by atoms with Gasteiger partial charge in [-0.1, -0.05) is 53.4 Å². The molecule has 1 unspecified atom stereocenters. The van der Waals surface area contributed by atoms with Crippen LogP contribution in [0.25, 0.3) is 0 Å². The normalized spacial score (nSPS) is 21.0. The standard InChI is InChI=1S/C38H46Cl2N6O5S/c1-8-26-22-32(51-9-2)31(23-33(26)52(49,50)43(5)6)38(37(48)46-20-18-45(19-21-46)24-34(47)44(7)25(3)4)41-35(27-10-14-29(39)15-11-27)36(42-38)28-12-16-30(40)17-13-28/h1,10-17,22-23,25,35-36,41-42H,9,18-21,24H2,2-7H3/t35-,36+,38?. The highest BCUT2D eigenvalue weighted by atomic mass is 35.5. The zero-order valence-corrected chi connectivity index (χ0v) is 32.6. The molecule has 2 amide bonds. The highest BCUT2D eigenvalue weighted by Gasteiger charge is 2.55. The van der Waals surface area contributed by atoms with Crippen LogP contribution in [0, 0.1) is 12.3 Å². The van der Waals surface area contributed by atoms with Crippen molar-refractivity contribution in [2.45, 2.75) is 49.5 Å². The largest absolute Gasteiger partial charge is 0.493 e. The molecule has 278 valence electrons. The second-order valence-electron chi connectivity index (χ2n) is 13.5. The number of likely N-dealkylation sites (N-methyl/N-ethyl adjacent to an activating group) is 1. The van der Waals surface area contributed by atoms with Crippen molar-refractivity contribution in [2.24, 2.45) is 0 Å². The van der Waals surface area contributed by atoms with Crippen LogP contribution in [0.4, 0.5) is 0 Å². The number of carbonyl (C=O) groups excluding carboxylic acids is 2. The molecule has 0 aliphatic carbocycles. The molecule has 0 bridgehead atoms. The summed E-state index contributed by atoms with van der Waals surface area (Å²) >= 11 is 12.6. The van der Waals surface area contributed by atoms with Crippen molar-refractivity contribution in [1.82, 2.24) is 29.6 Å². The Morgan fingerprint density at radius 3 is 1.90 bits per heavy atom. The minimum atomic E-state index is -4.07. The Bertz CT molecular complexity index is 1870. The number of halogens is 2. The summed E-state index contributed by atoms with van der Waals surface area (Å²) in [7, 11) is 0.566. The number of amides is 2. The van der Waals surface area contributed by atoms with Gasteiger partial charge in [-0.15, -0.1) is 6.42 Å². The molecule has 2 aliphatic rings. The van der Waals surface area contributed by atoms with Crippen molar-refractivity contribution in [2.75, 3.05) is 60.5 Å². The SMILES string of the molecule is C#Cc1cc(OCC)c(C2(C(=O)N3CCN(CC(=O)N(C)C(C)C)CC3)N[C@H](c3ccc(Cl)cc3)[C@H](c3ccc(Cl)cc3)N2)cc1S(=O)(=O)N(C)C. The van der Waals surface area contributed by atoms with E-state index in [4.69, 9.17) is 34.4 Å². The topological polar surface area (TPSA) is 115 Å². The number of ether oxygens (including phenoxy) is 1. The summed E-state index contributed by atoms with van der Waals surface area (Å²) in [6.07, 6.45) is 5.88. The Hall–Kier alpha value is -3.67. The van der Waals surface area contributed by atoms with E-state index >= 15 is 4.79 Å². The van der Waals surface area contributed by atoms with Gasteiger partial charge in [0.15, 0.2) is 5.66 Å². The van der Waals surface area contributed by atoms with Gasteiger partial charge in [-0.05, 0) is 68.3 Å². The molecule has 0 saturated carbocycles. The summed E-state index contributed by atoms with van der Waals surface area (Å²) in [4.78, 5) is 33.6. The minimum Gasteiger partial charge on any atom is -0.493 e. The lowest BCUT2D eigenvalue weighted by atomic mass is 9.94. The molecule has 2 fully saturated rings. The molecule has 5 rings (SSSR count). The van der Waals surface area contributed by atoms with Gasteiger partial charge in [-0.25, -0.2) is 12.7 Å². The van der Waals surface area contributed by atoms with Crippen molar-refractivity contribution in [1.29, 1.82) is 0 Å². The van der Waals surface area contributed by atoms with E-state index in [0.717, 1.165) is 15.4 Å². The van der Waals surface area contributed by atoms with Crippen molar-refractivity contribution in [3.8, 4) is 18.1 Å². The van der Waals surface area contributed by atoms with Gasteiger partial charge < -0.3 is 14.5 Å². The number of benzene rings is 3. The Kier molecular flexibility index (Phi) is 12.3. The smallest absolute Gasteiger partial charge is 0.262 e. The van der Waals surface area contributed by atoms with E-state index in [2.05, 4.69) is 16.6 Å². The molecule has 2 saturated heterocycles. The molecule has 0 spiro atoms. The van der Waals surface area contributed by atoms with Gasteiger partial charge in [0.1, 0.15) is 5.75 Å². The molecule has 2 aliphatic heterocycles. The van der Waals surface area contributed by atoms with E-state index in [1.807, 2.05) is 43.0 Å². The molecule has 2 heterocycles. The second-order valence-corrected chi connectivity index (χ2v) is 16.5. The van der Waals surface area contributed by atoms with Crippen molar-refractivity contribution in [3.05, 3.63) is 93.0 Å². The van der Waals surface area contributed by atoms with Gasteiger partial charge in [0.05, 0.1) is 30.1 Å². The van der Waals surface area contributed by atoms with Gasteiger partial charge in [0.2, 0.25) is 15.9 Å². The molecule has 52 heavy (non-hydrogen) atoms. The van der Waals surface area contributed by atoms with Crippen LogP contribution in [0.15, 0.2) is 65.6 Å². The zero-order chi connectivity index (χ0) is 38.0. The van der Waals surface area contributed by atoms with Crippen LogP contribution in [-0.4, -0.2) is 106 Å². The molecular formula is C38H46Cl2N6O5S. The van der Waals surface area contributed by atoms with Crippen LogP contribution in [-0.2, 0) is 25.3 Å². The van der Waals surface area contributed by atoms with Gasteiger partial charge in [-0.3, -0.25) is 25.1 Å². The molecule has 14 heteroatoms. The van der Waals surface area contributed by atoms with Gasteiger partial charge in [-0.2, -0.15) is 0 Å². The number of carbonyl (C=O) groups is 2. The Morgan fingerprint density at radius 2 is 1.46 bits per heavy atom. The molecule has 0 aromatic heterocycles. The van der Waals surface area contributed by atoms with E-state index in [1.165, 1.54) is 26.2 Å². The van der Waals surface area contributed by atoms with Crippen LogP contribution in [0.3, 0.4) is 0 Å². The molecule has 3 atom stereocenters. The lowest BCUT2D eigenvalue weighted by Gasteiger charge is -2.41. The average molecular weight is 770 g/mol. The second kappa shape index (κ2) is 16.1. The fraction of sp³-hybridized carbons (Fsp3) is 0.421. The van der Waals surface area contributed by atoms with Crippen LogP contribution in [0.1, 0.15) is 55.1 Å². The van der Waals surface area contributed by atoms with E-state index in [9.17, 15) is 13.2 Å². The van der Waals surface area contributed by atoms with Crippen molar-refractivity contribution < 1.29 is 22.7 Å². The quantitative estimate of drug-likeness (QED) is 0.275. The van der Waals surface area contributed by atoms with Gasteiger partial charge in [0.25, 0.3) is 5.91 Å². The number of sulfonamides is 1. The number of nitrogens with zero attached hydrogens (tertiary/aromatic N) is 4. The number of piperazine rings is 1. The molecule has 0 radical (unpaired) electrons. The lowest BCUT2D eigenvalue weighted by Crippen LogP contribution is -2.62. The monoisotopic (exact) mass is 768 g/mol. The van der Waals surface area contributed by atoms with E-state index in [-0.39, 0.29) is 52.8 Å². The highest BCUT2D eigenvalue weighted by Crippen LogP contribution is 2.46. The fourth-order valence-corrected chi connectivity index (χ4v) is 7.86. The molecular weight excluding hydrogens is 723 g/mol. The first kappa shape index (κ1) is 39.5. The molecule has 3 aromatic carbocycles. The lowest BCUT2D eigenvalue weighted by molar-refractivity contribution is -0.142. The summed E-state index contributed by atoms with van der Waals surface area (Å²) in [5.41, 5.74) is 0.338. The maximum atomic E-state index is 15.3. The van der Waals surface area contributed by atoms with Crippen molar-refractivity contribution in [3.63, 3.8) is 0 Å². The first-order valence-corrected chi connectivity index (χ1v) is 19.4. The predicted molar refractivity (Wildman–Crippen MR) is 204 cm³/mol. The van der Waals surface area contributed by atoms with Crippen molar-refractivity contribution >= 4 is 45.0 Å². The highest BCUT2D eigenvalue weighted by molar-refractivity contribution is 7.89. The van der Waals surface area contributed by atoms with Crippen LogP contribution < -0.4 is 15.4 Å². The third-order valence-corrected chi connectivity index (χ3v) is 12.1.